The van der Waals surface area contributed by atoms with Gasteiger partial charge >= 0.3 is 5.97 Å². The smallest absolute Gasteiger partial charge is 0.323 e. The van der Waals surface area contributed by atoms with E-state index in [1.807, 2.05) is 38.1 Å². The van der Waals surface area contributed by atoms with Crippen molar-refractivity contribution in [3.05, 3.63) is 70.8 Å². The molecule has 2 aromatic carbocycles. The molecule has 0 saturated carbocycles. The Bertz CT molecular complexity index is 799. The number of hydrogen-bond donors (Lipinski definition) is 1. The SMILES string of the molecule is COC(=O)[C@@H]1C[C@H](NC(=O)c2ccc(C)cc2)CN1Cc1ccc(C)cc1. The van der Waals surface area contributed by atoms with E-state index in [-0.39, 0.29) is 24.0 Å². The lowest BCUT2D eigenvalue weighted by atomic mass is 10.1. The van der Waals surface area contributed by atoms with Crippen LogP contribution in [-0.4, -0.2) is 42.5 Å². The summed E-state index contributed by atoms with van der Waals surface area (Å²) in [6, 6.07) is 15.3. The maximum Gasteiger partial charge on any atom is 0.323 e. The Morgan fingerprint density at radius 3 is 2.22 bits per heavy atom. The Hall–Kier alpha value is -2.66. The van der Waals surface area contributed by atoms with E-state index in [0.29, 0.717) is 25.1 Å². The number of ether oxygens (including phenoxy) is 1. The van der Waals surface area contributed by atoms with Crippen LogP contribution in [-0.2, 0) is 16.1 Å². The maximum absolute atomic E-state index is 12.5. The molecule has 1 aliphatic rings. The summed E-state index contributed by atoms with van der Waals surface area (Å²) in [5, 5.41) is 3.06. The van der Waals surface area contributed by atoms with E-state index in [1.165, 1.54) is 12.7 Å². The fourth-order valence-corrected chi connectivity index (χ4v) is 3.47. The van der Waals surface area contributed by atoms with Crippen molar-refractivity contribution in [2.75, 3.05) is 13.7 Å². The summed E-state index contributed by atoms with van der Waals surface area (Å²) in [6.45, 7) is 5.30. The van der Waals surface area contributed by atoms with Crippen LogP contribution in [0.25, 0.3) is 0 Å². The van der Waals surface area contributed by atoms with Gasteiger partial charge in [0.15, 0.2) is 0 Å². The Balaban J connectivity index is 1.68. The lowest BCUT2D eigenvalue weighted by Crippen LogP contribution is -2.37. The van der Waals surface area contributed by atoms with Gasteiger partial charge in [-0.25, -0.2) is 0 Å². The molecule has 0 bridgehead atoms. The number of amides is 1. The number of carbonyl (C=O) groups is 2. The molecular formula is C22H26N2O3. The average Bonchev–Trinajstić information content (AvgIpc) is 3.05. The highest BCUT2D eigenvalue weighted by Gasteiger charge is 2.38. The molecule has 5 nitrogen and oxygen atoms in total. The number of benzene rings is 2. The summed E-state index contributed by atoms with van der Waals surface area (Å²) in [5.74, 6) is -0.366. The second-order valence-electron chi connectivity index (χ2n) is 7.23. The molecule has 27 heavy (non-hydrogen) atoms. The van der Waals surface area contributed by atoms with Gasteiger partial charge in [0.1, 0.15) is 6.04 Å². The lowest BCUT2D eigenvalue weighted by molar-refractivity contribution is -0.146. The number of likely N-dealkylation sites (tertiary alicyclic amines) is 1. The number of esters is 1. The molecule has 1 fully saturated rings. The van der Waals surface area contributed by atoms with Crippen molar-refractivity contribution in [2.45, 2.75) is 38.9 Å². The highest BCUT2D eigenvalue weighted by molar-refractivity contribution is 5.94. The minimum Gasteiger partial charge on any atom is -0.468 e. The molecule has 0 spiro atoms. The molecule has 0 aromatic heterocycles. The molecule has 1 amide bonds. The van der Waals surface area contributed by atoms with Gasteiger partial charge in [-0.2, -0.15) is 0 Å². The van der Waals surface area contributed by atoms with Crippen molar-refractivity contribution in [3.8, 4) is 0 Å². The van der Waals surface area contributed by atoms with Gasteiger partial charge in [0, 0.05) is 24.7 Å². The third-order valence-corrected chi connectivity index (χ3v) is 5.03. The van der Waals surface area contributed by atoms with Gasteiger partial charge in [-0.05, 0) is 38.0 Å². The summed E-state index contributed by atoms with van der Waals surface area (Å²) in [4.78, 5) is 26.8. The van der Waals surface area contributed by atoms with Crippen LogP contribution in [0.5, 0.6) is 0 Å². The van der Waals surface area contributed by atoms with E-state index in [1.54, 1.807) is 0 Å². The van der Waals surface area contributed by atoms with Gasteiger partial charge in [0.25, 0.3) is 5.91 Å². The van der Waals surface area contributed by atoms with Crippen LogP contribution in [0.3, 0.4) is 0 Å². The summed E-state index contributed by atoms with van der Waals surface area (Å²) < 4.78 is 4.98. The number of nitrogens with one attached hydrogen (secondary N) is 1. The van der Waals surface area contributed by atoms with Crippen LogP contribution >= 0.6 is 0 Å². The Morgan fingerprint density at radius 2 is 1.63 bits per heavy atom. The predicted octanol–water partition coefficient (Wildman–Crippen LogP) is 2.85. The number of hydrogen-bond acceptors (Lipinski definition) is 4. The molecule has 1 aliphatic heterocycles. The predicted molar refractivity (Wildman–Crippen MR) is 104 cm³/mol. The normalized spacial score (nSPS) is 19.7. The van der Waals surface area contributed by atoms with Crippen LogP contribution < -0.4 is 5.32 Å². The first-order chi connectivity index (χ1) is 13.0. The summed E-state index contributed by atoms with van der Waals surface area (Å²) >= 11 is 0. The number of aryl methyl sites for hydroxylation is 2. The number of methoxy groups -OCH3 is 1. The molecule has 0 unspecified atom stereocenters. The van der Waals surface area contributed by atoms with Crippen molar-refractivity contribution in [3.63, 3.8) is 0 Å². The molecule has 5 heteroatoms. The molecule has 142 valence electrons. The monoisotopic (exact) mass is 366 g/mol. The van der Waals surface area contributed by atoms with Crippen LogP contribution in [0.15, 0.2) is 48.5 Å². The summed E-state index contributed by atoms with van der Waals surface area (Å²) in [6.07, 6.45) is 0.552. The minimum atomic E-state index is -0.348. The van der Waals surface area contributed by atoms with E-state index >= 15 is 0 Å². The maximum atomic E-state index is 12.5. The van der Waals surface area contributed by atoms with Crippen molar-refractivity contribution in [1.82, 2.24) is 10.2 Å². The molecule has 2 aromatic rings. The summed E-state index contributed by atoms with van der Waals surface area (Å²) in [7, 11) is 1.41. The molecule has 3 rings (SSSR count). The largest absolute Gasteiger partial charge is 0.468 e. The Kier molecular flexibility index (Phi) is 5.91. The highest BCUT2D eigenvalue weighted by Crippen LogP contribution is 2.22. The lowest BCUT2D eigenvalue weighted by Gasteiger charge is -2.22. The second kappa shape index (κ2) is 8.35. The van der Waals surface area contributed by atoms with Gasteiger partial charge in [-0.15, -0.1) is 0 Å². The van der Waals surface area contributed by atoms with E-state index in [0.717, 1.165) is 11.1 Å². The molecule has 1 heterocycles. The highest BCUT2D eigenvalue weighted by atomic mass is 16.5. The fraction of sp³-hybridized carbons (Fsp3) is 0.364. The third-order valence-electron chi connectivity index (χ3n) is 5.03. The number of rotatable bonds is 5. The van der Waals surface area contributed by atoms with Crippen LogP contribution in [0.2, 0.25) is 0 Å². The van der Waals surface area contributed by atoms with Gasteiger partial charge in [0.2, 0.25) is 0 Å². The van der Waals surface area contributed by atoms with Gasteiger partial charge in [-0.1, -0.05) is 47.5 Å². The molecule has 1 N–H and O–H groups in total. The zero-order valence-corrected chi connectivity index (χ0v) is 16.1. The van der Waals surface area contributed by atoms with E-state index in [9.17, 15) is 9.59 Å². The van der Waals surface area contributed by atoms with E-state index < -0.39 is 0 Å². The topological polar surface area (TPSA) is 58.6 Å². The average molecular weight is 366 g/mol. The van der Waals surface area contributed by atoms with Gasteiger partial charge in [-0.3, -0.25) is 14.5 Å². The first kappa shape index (κ1) is 19.1. The first-order valence-electron chi connectivity index (χ1n) is 9.21. The first-order valence-corrected chi connectivity index (χ1v) is 9.21. The van der Waals surface area contributed by atoms with Gasteiger partial charge in [0.05, 0.1) is 7.11 Å². The molecule has 0 aliphatic carbocycles. The minimum absolute atomic E-state index is 0.0895. The molecule has 0 radical (unpaired) electrons. The quantitative estimate of drug-likeness (QED) is 0.827. The van der Waals surface area contributed by atoms with Crippen molar-refractivity contribution < 1.29 is 14.3 Å². The molecule has 1 saturated heterocycles. The third kappa shape index (κ3) is 4.74. The zero-order chi connectivity index (χ0) is 19.4. The van der Waals surface area contributed by atoms with Crippen LogP contribution in [0.4, 0.5) is 0 Å². The fourth-order valence-electron chi connectivity index (χ4n) is 3.47. The van der Waals surface area contributed by atoms with Gasteiger partial charge < -0.3 is 10.1 Å². The summed E-state index contributed by atoms with van der Waals surface area (Å²) in [5.41, 5.74) is 4.09. The second-order valence-corrected chi connectivity index (χ2v) is 7.23. The Labute approximate surface area is 160 Å². The zero-order valence-electron chi connectivity index (χ0n) is 16.1. The molecular weight excluding hydrogens is 340 g/mol. The standard InChI is InChI=1S/C22H26N2O3/c1-15-4-8-17(9-5-15)13-24-14-19(12-20(24)22(26)27-3)23-21(25)18-10-6-16(2)7-11-18/h4-11,19-20H,12-14H2,1-3H3,(H,23,25)/t19-,20-/m0/s1. The Morgan fingerprint density at radius 1 is 1.04 bits per heavy atom. The van der Waals surface area contributed by atoms with E-state index in [2.05, 4.69) is 34.5 Å². The number of carbonyl (C=O) groups excluding carboxylic acids is 2. The van der Waals surface area contributed by atoms with Crippen molar-refractivity contribution >= 4 is 11.9 Å². The molecule has 2 atom stereocenters. The van der Waals surface area contributed by atoms with Crippen LogP contribution in [0.1, 0.15) is 33.5 Å². The van der Waals surface area contributed by atoms with Crippen molar-refractivity contribution in [1.29, 1.82) is 0 Å². The van der Waals surface area contributed by atoms with Crippen molar-refractivity contribution in [2.24, 2.45) is 0 Å². The van der Waals surface area contributed by atoms with E-state index in [4.69, 9.17) is 4.74 Å². The van der Waals surface area contributed by atoms with Crippen LogP contribution in [0, 0.1) is 13.8 Å². The number of nitrogens with zero attached hydrogens (tertiary/aromatic N) is 1.